The van der Waals surface area contributed by atoms with Gasteiger partial charge in [0.05, 0.1) is 29.8 Å². The number of hydrogen-bond donors (Lipinski definition) is 2. The highest BCUT2D eigenvalue weighted by molar-refractivity contribution is 7.09. The van der Waals surface area contributed by atoms with Crippen molar-refractivity contribution in [3.63, 3.8) is 0 Å². The lowest BCUT2D eigenvalue weighted by atomic mass is 10.2. The number of aromatic nitrogens is 1. The van der Waals surface area contributed by atoms with Crippen LogP contribution in [-0.4, -0.2) is 28.6 Å². The number of thiazole rings is 1. The van der Waals surface area contributed by atoms with Crippen LogP contribution in [0.4, 0.5) is 0 Å². The summed E-state index contributed by atoms with van der Waals surface area (Å²) in [6.45, 7) is 1.90. The maximum atomic E-state index is 11.9. The average molecular weight is 304 g/mol. The minimum Gasteiger partial charge on any atom is -0.394 e. The molecule has 0 aliphatic heterocycles. The molecule has 0 fully saturated rings. The Morgan fingerprint density at radius 1 is 1.38 bits per heavy atom. The topological polar surface area (TPSA) is 62.2 Å². The Labute approximate surface area is 128 Å². The van der Waals surface area contributed by atoms with Crippen LogP contribution in [0.25, 0.3) is 0 Å². The Balaban J connectivity index is 1.89. The SMILES string of the molecule is CCC(CO)NC(=O)Cc1csc(Cc2ccccc2)n1. The molecule has 0 spiro atoms. The molecule has 1 aromatic carbocycles. The van der Waals surface area contributed by atoms with Crippen LogP contribution in [0.3, 0.4) is 0 Å². The summed E-state index contributed by atoms with van der Waals surface area (Å²) in [5.41, 5.74) is 2.01. The van der Waals surface area contributed by atoms with E-state index in [1.165, 1.54) is 5.56 Å². The Morgan fingerprint density at radius 3 is 2.81 bits per heavy atom. The Bertz CT molecular complexity index is 565. The van der Waals surface area contributed by atoms with E-state index in [1.54, 1.807) is 11.3 Å². The van der Waals surface area contributed by atoms with Crippen LogP contribution < -0.4 is 5.32 Å². The molecule has 0 aliphatic rings. The molecule has 1 atom stereocenters. The van der Waals surface area contributed by atoms with Gasteiger partial charge in [-0.25, -0.2) is 4.98 Å². The number of nitrogens with one attached hydrogen (secondary N) is 1. The minimum absolute atomic E-state index is 0.0292. The molecule has 21 heavy (non-hydrogen) atoms. The molecule has 2 N–H and O–H groups in total. The highest BCUT2D eigenvalue weighted by atomic mass is 32.1. The molecule has 1 unspecified atom stereocenters. The Morgan fingerprint density at radius 2 is 2.14 bits per heavy atom. The second-order valence-electron chi connectivity index (χ2n) is 4.93. The van der Waals surface area contributed by atoms with Gasteiger partial charge in [-0.3, -0.25) is 4.79 Å². The van der Waals surface area contributed by atoms with E-state index < -0.39 is 0 Å². The first-order valence-electron chi connectivity index (χ1n) is 7.08. The lowest BCUT2D eigenvalue weighted by molar-refractivity contribution is -0.121. The number of nitrogens with zero attached hydrogens (tertiary/aromatic N) is 1. The van der Waals surface area contributed by atoms with Crippen molar-refractivity contribution in [3.8, 4) is 0 Å². The molecule has 1 amide bonds. The number of amides is 1. The number of rotatable bonds is 7. The average Bonchev–Trinajstić information content (AvgIpc) is 2.92. The summed E-state index contributed by atoms with van der Waals surface area (Å²) >= 11 is 1.58. The van der Waals surface area contributed by atoms with Crippen molar-refractivity contribution in [3.05, 3.63) is 52.0 Å². The van der Waals surface area contributed by atoms with Gasteiger partial charge >= 0.3 is 0 Å². The van der Waals surface area contributed by atoms with E-state index in [-0.39, 0.29) is 25.0 Å². The zero-order valence-corrected chi connectivity index (χ0v) is 12.9. The van der Waals surface area contributed by atoms with Crippen LogP contribution >= 0.6 is 11.3 Å². The van der Waals surface area contributed by atoms with Crippen LogP contribution in [0.2, 0.25) is 0 Å². The van der Waals surface area contributed by atoms with Crippen molar-refractivity contribution in [1.29, 1.82) is 0 Å². The first-order valence-corrected chi connectivity index (χ1v) is 7.96. The zero-order chi connectivity index (χ0) is 15.1. The predicted octanol–water partition coefficient (Wildman–Crippen LogP) is 2.16. The molecule has 0 bridgehead atoms. The van der Waals surface area contributed by atoms with Gasteiger partial charge in [-0.05, 0) is 12.0 Å². The van der Waals surface area contributed by atoms with E-state index in [0.29, 0.717) is 0 Å². The molecule has 2 rings (SSSR count). The van der Waals surface area contributed by atoms with E-state index >= 15 is 0 Å². The molecular weight excluding hydrogens is 284 g/mol. The van der Waals surface area contributed by atoms with Gasteiger partial charge in [0, 0.05) is 11.8 Å². The summed E-state index contributed by atoms with van der Waals surface area (Å²) < 4.78 is 0. The quantitative estimate of drug-likeness (QED) is 0.824. The Hall–Kier alpha value is -1.72. The smallest absolute Gasteiger partial charge is 0.226 e. The lowest BCUT2D eigenvalue weighted by Crippen LogP contribution is -2.37. The number of carbonyl (C=O) groups is 1. The van der Waals surface area contributed by atoms with E-state index in [1.807, 2.05) is 30.5 Å². The van der Waals surface area contributed by atoms with E-state index in [2.05, 4.69) is 22.4 Å². The van der Waals surface area contributed by atoms with Crippen LogP contribution in [0.1, 0.15) is 29.6 Å². The number of benzene rings is 1. The van der Waals surface area contributed by atoms with Gasteiger partial charge in [-0.1, -0.05) is 37.3 Å². The van der Waals surface area contributed by atoms with Crippen LogP contribution in [-0.2, 0) is 17.6 Å². The molecule has 4 nitrogen and oxygen atoms in total. The first kappa shape index (κ1) is 15.7. The summed E-state index contributed by atoms with van der Waals surface area (Å²) in [6, 6.07) is 9.99. The second-order valence-corrected chi connectivity index (χ2v) is 5.87. The molecule has 5 heteroatoms. The third-order valence-electron chi connectivity index (χ3n) is 3.22. The molecule has 0 saturated carbocycles. The highest BCUT2D eigenvalue weighted by Gasteiger charge is 2.12. The number of aliphatic hydroxyl groups excluding tert-OH is 1. The third kappa shape index (κ3) is 4.95. The van der Waals surface area contributed by atoms with Gasteiger partial charge < -0.3 is 10.4 Å². The first-order chi connectivity index (χ1) is 10.2. The van der Waals surface area contributed by atoms with Gasteiger partial charge in [-0.2, -0.15) is 0 Å². The van der Waals surface area contributed by atoms with Crippen LogP contribution in [0.15, 0.2) is 35.7 Å². The number of carbonyl (C=O) groups excluding carboxylic acids is 1. The fraction of sp³-hybridized carbons (Fsp3) is 0.375. The predicted molar refractivity (Wildman–Crippen MR) is 84.4 cm³/mol. The summed E-state index contributed by atoms with van der Waals surface area (Å²) in [5.74, 6) is -0.0903. The highest BCUT2D eigenvalue weighted by Crippen LogP contribution is 2.15. The molecule has 0 aliphatic carbocycles. The summed E-state index contributed by atoms with van der Waals surface area (Å²) in [4.78, 5) is 16.4. The lowest BCUT2D eigenvalue weighted by Gasteiger charge is -2.13. The van der Waals surface area contributed by atoms with Gasteiger partial charge in [-0.15, -0.1) is 11.3 Å². The second kappa shape index (κ2) is 7.90. The molecule has 0 radical (unpaired) electrons. The number of hydrogen-bond acceptors (Lipinski definition) is 4. The van der Waals surface area contributed by atoms with Crippen LogP contribution in [0, 0.1) is 0 Å². The summed E-state index contributed by atoms with van der Waals surface area (Å²) in [6.07, 6.45) is 1.78. The minimum atomic E-state index is -0.167. The van der Waals surface area contributed by atoms with Crippen molar-refractivity contribution in [2.24, 2.45) is 0 Å². The van der Waals surface area contributed by atoms with Crippen molar-refractivity contribution < 1.29 is 9.90 Å². The maximum Gasteiger partial charge on any atom is 0.226 e. The zero-order valence-electron chi connectivity index (χ0n) is 12.1. The van der Waals surface area contributed by atoms with Crippen molar-refractivity contribution in [1.82, 2.24) is 10.3 Å². The molecule has 1 heterocycles. The van der Waals surface area contributed by atoms with E-state index in [0.717, 1.165) is 23.5 Å². The monoisotopic (exact) mass is 304 g/mol. The van der Waals surface area contributed by atoms with Gasteiger partial charge in [0.1, 0.15) is 0 Å². The summed E-state index contributed by atoms with van der Waals surface area (Å²) in [5, 5.41) is 14.8. The fourth-order valence-electron chi connectivity index (χ4n) is 2.00. The van der Waals surface area contributed by atoms with Crippen molar-refractivity contribution in [2.75, 3.05) is 6.61 Å². The fourth-order valence-corrected chi connectivity index (χ4v) is 2.83. The van der Waals surface area contributed by atoms with Crippen molar-refractivity contribution >= 4 is 17.2 Å². The Kier molecular flexibility index (Phi) is 5.90. The molecule has 0 saturated heterocycles. The molecule has 2 aromatic rings. The van der Waals surface area contributed by atoms with Gasteiger partial charge in [0.25, 0.3) is 0 Å². The molecule has 1 aromatic heterocycles. The number of aliphatic hydroxyl groups is 1. The van der Waals surface area contributed by atoms with E-state index in [9.17, 15) is 4.79 Å². The normalized spacial score (nSPS) is 12.1. The largest absolute Gasteiger partial charge is 0.394 e. The molecular formula is C16H20N2O2S. The van der Waals surface area contributed by atoms with Crippen molar-refractivity contribution in [2.45, 2.75) is 32.2 Å². The van der Waals surface area contributed by atoms with E-state index in [4.69, 9.17) is 5.11 Å². The summed E-state index contributed by atoms with van der Waals surface area (Å²) in [7, 11) is 0. The van der Waals surface area contributed by atoms with Gasteiger partial charge in [0.15, 0.2) is 0 Å². The van der Waals surface area contributed by atoms with Gasteiger partial charge in [0.2, 0.25) is 5.91 Å². The standard InChI is InChI=1S/C16H20N2O2S/c1-2-13(10-19)17-15(20)9-14-11-21-16(18-14)8-12-6-4-3-5-7-12/h3-7,11,13,19H,2,8-10H2,1H3,(H,17,20). The molecule has 112 valence electrons. The van der Waals surface area contributed by atoms with Crippen LogP contribution in [0.5, 0.6) is 0 Å². The third-order valence-corrected chi connectivity index (χ3v) is 4.12. The maximum absolute atomic E-state index is 11.9.